The van der Waals surface area contributed by atoms with Gasteiger partial charge in [-0.25, -0.2) is 5.01 Å². The summed E-state index contributed by atoms with van der Waals surface area (Å²) in [6.07, 6.45) is 6.67. The molecule has 0 fully saturated rings. The van der Waals surface area contributed by atoms with Gasteiger partial charge < -0.3 is 5.01 Å². The summed E-state index contributed by atoms with van der Waals surface area (Å²) < 4.78 is 0. The van der Waals surface area contributed by atoms with Crippen molar-refractivity contribution in [3.05, 3.63) is 11.3 Å². The maximum atomic E-state index is 2.36. The van der Waals surface area contributed by atoms with Crippen LogP contribution < -0.4 is 0 Å². The number of allylic oxidation sites excluding steroid dienone is 1. The average Bonchev–Trinajstić information content (AvgIpc) is 2.33. The Bertz CT molecular complexity index is 273. The lowest BCUT2D eigenvalue weighted by molar-refractivity contribution is -0.152. The molecule has 1 aliphatic rings. The van der Waals surface area contributed by atoms with Gasteiger partial charge in [-0.1, -0.05) is 32.6 Å². The highest BCUT2D eigenvalue weighted by atomic mass is 15.9. The molecule has 1 heterocycles. The van der Waals surface area contributed by atoms with Crippen LogP contribution in [0.4, 0.5) is 0 Å². The van der Waals surface area contributed by atoms with Crippen LogP contribution in [0.5, 0.6) is 0 Å². The molecule has 0 bridgehead atoms. The summed E-state index contributed by atoms with van der Waals surface area (Å²) in [6.45, 7) is 6.77. The zero-order valence-corrected chi connectivity index (χ0v) is 12.5. The van der Waals surface area contributed by atoms with Crippen molar-refractivity contribution in [2.75, 3.05) is 21.1 Å². The second-order valence-electron chi connectivity index (χ2n) is 5.22. The Kier molecular flexibility index (Phi) is 5.47. The highest BCUT2D eigenvalue weighted by Crippen LogP contribution is 2.27. The number of rotatable bonds is 5. The third kappa shape index (κ3) is 3.23. The maximum absolute atomic E-state index is 2.36. The SMILES string of the molecule is CCCCCCC1C(C)=C(C)N(C)N(C)N1C. The molecule has 1 rings (SSSR count). The van der Waals surface area contributed by atoms with E-state index in [1.54, 1.807) is 0 Å². The largest absolute Gasteiger partial charge is 0.300 e. The predicted molar refractivity (Wildman–Crippen MR) is 74.2 cm³/mol. The van der Waals surface area contributed by atoms with Gasteiger partial charge in [-0.15, -0.1) is 0 Å². The van der Waals surface area contributed by atoms with E-state index in [9.17, 15) is 0 Å². The van der Waals surface area contributed by atoms with Gasteiger partial charge in [0.1, 0.15) is 0 Å². The van der Waals surface area contributed by atoms with Crippen LogP contribution >= 0.6 is 0 Å². The molecular weight excluding hydrogens is 210 g/mol. The third-order valence-corrected chi connectivity index (χ3v) is 4.23. The van der Waals surface area contributed by atoms with E-state index < -0.39 is 0 Å². The molecule has 0 saturated heterocycles. The molecule has 0 saturated carbocycles. The Labute approximate surface area is 107 Å². The van der Waals surface area contributed by atoms with Gasteiger partial charge >= 0.3 is 0 Å². The molecule has 0 spiro atoms. The van der Waals surface area contributed by atoms with E-state index in [0.717, 1.165) is 0 Å². The Morgan fingerprint density at radius 1 is 1.00 bits per heavy atom. The molecule has 1 aliphatic heterocycles. The lowest BCUT2D eigenvalue weighted by atomic mass is 9.98. The van der Waals surface area contributed by atoms with Crippen LogP contribution in [0.25, 0.3) is 0 Å². The van der Waals surface area contributed by atoms with Gasteiger partial charge in [0.2, 0.25) is 0 Å². The van der Waals surface area contributed by atoms with Crippen molar-refractivity contribution in [2.24, 2.45) is 0 Å². The van der Waals surface area contributed by atoms with Gasteiger partial charge in [0.15, 0.2) is 0 Å². The van der Waals surface area contributed by atoms with Crippen LogP contribution in [-0.2, 0) is 0 Å². The number of nitrogens with zero attached hydrogens (tertiary/aromatic N) is 3. The number of hydrogen-bond donors (Lipinski definition) is 0. The molecule has 0 aromatic rings. The smallest absolute Gasteiger partial charge is 0.0486 e. The Hall–Kier alpha value is -0.540. The summed E-state index contributed by atoms with van der Waals surface area (Å²) in [5, 5.41) is 6.79. The molecule has 0 amide bonds. The van der Waals surface area contributed by atoms with Gasteiger partial charge in [-0.05, 0) is 25.8 Å². The summed E-state index contributed by atoms with van der Waals surface area (Å²) >= 11 is 0. The van der Waals surface area contributed by atoms with E-state index in [2.05, 4.69) is 57.0 Å². The van der Waals surface area contributed by atoms with Crippen molar-refractivity contribution < 1.29 is 0 Å². The molecule has 0 aliphatic carbocycles. The van der Waals surface area contributed by atoms with E-state index in [4.69, 9.17) is 0 Å². The minimum Gasteiger partial charge on any atom is -0.300 e. The van der Waals surface area contributed by atoms with E-state index in [1.807, 2.05) is 0 Å². The number of hydrazine groups is 2. The van der Waals surface area contributed by atoms with Crippen molar-refractivity contribution in [2.45, 2.75) is 58.9 Å². The first-order valence-corrected chi connectivity index (χ1v) is 6.88. The first-order chi connectivity index (χ1) is 8.00. The summed E-state index contributed by atoms with van der Waals surface area (Å²) in [7, 11) is 6.45. The second kappa shape index (κ2) is 6.41. The van der Waals surface area contributed by atoms with Crippen molar-refractivity contribution in [3.63, 3.8) is 0 Å². The van der Waals surface area contributed by atoms with Gasteiger partial charge in [0.05, 0.1) is 0 Å². The predicted octanol–water partition coefficient (Wildman–Crippen LogP) is 3.26. The molecule has 3 heteroatoms. The zero-order valence-electron chi connectivity index (χ0n) is 12.5. The topological polar surface area (TPSA) is 9.72 Å². The van der Waals surface area contributed by atoms with Crippen LogP contribution in [0.15, 0.2) is 11.3 Å². The Morgan fingerprint density at radius 3 is 2.24 bits per heavy atom. The van der Waals surface area contributed by atoms with Crippen molar-refractivity contribution in [1.29, 1.82) is 0 Å². The monoisotopic (exact) mass is 239 g/mol. The molecule has 1 unspecified atom stereocenters. The second-order valence-corrected chi connectivity index (χ2v) is 5.22. The summed E-state index contributed by atoms with van der Waals surface area (Å²) in [5.41, 5.74) is 2.91. The summed E-state index contributed by atoms with van der Waals surface area (Å²) in [6, 6.07) is 0.577. The van der Waals surface area contributed by atoms with Gasteiger partial charge in [-0.2, -0.15) is 5.12 Å². The van der Waals surface area contributed by atoms with Gasteiger partial charge in [0, 0.05) is 32.9 Å². The standard InChI is InChI=1S/C14H29N3/c1-7-8-9-10-11-14-12(2)13(3)15(4)17(6)16(14)5/h14H,7-11H2,1-6H3. The number of likely N-dealkylation sites (N-methyl/N-ethyl adjacent to an activating group) is 1. The van der Waals surface area contributed by atoms with Crippen LogP contribution in [0, 0.1) is 0 Å². The zero-order chi connectivity index (χ0) is 13.0. The lowest BCUT2D eigenvalue weighted by Crippen LogP contribution is -2.55. The fourth-order valence-corrected chi connectivity index (χ4v) is 2.57. The van der Waals surface area contributed by atoms with Crippen molar-refractivity contribution in [1.82, 2.24) is 15.1 Å². The molecule has 0 aromatic heterocycles. The lowest BCUT2D eigenvalue weighted by Gasteiger charge is -2.47. The van der Waals surface area contributed by atoms with E-state index in [1.165, 1.54) is 43.4 Å². The van der Waals surface area contributed by atoms with Crippen LogP contribution in [0.3, 0.4) is 0 Å². The maximum Gasteiger partial charge on any atom is 0.0486 e. The molecule has 0 aromatic carbocycles. The molecule has 1 atom stereocenters. The van der Waals surface area contributed by atoms with E-state index in [0.29, 0.717) is 6.04 Å². The molecule has 0 radical (unpaired) electrons. The highest BCUT2D eigenvalue weighted by molar-refractivity contribution is 5.16. The fraction of sp³-hybridized carbons (Fsp3) is 0.857. The number of unbranched alkanes of at least 4 members (excludes halogenated alkanes) is 3. The first kappa shape index (κ1) is 14.5. The molecule has 0 N–H and O–H groups in total. The Balaban J connectivity index is 2.63. The normalized spacial score (nSPS) is 23.6. The minimum atomic E-state index is 0.577. The third-order valence-electron chi connectivity index (χ3n) is 4.23. The fourth-order valence-electron chi connectivity index (χ4n) is 2.57. The Morgan fingerprint density at radius 2 is 1.65 bits per heavy atom. The van der Waals surface area contributed by atoms with Crippen LogP contribution in [0.1, 0.15) is 52.9 Å². The van der Waals surface area contributed by atoms with Crippen LogP contribution in [-0.4, -0.2) is 42.3 Å². The highest BCUT2D eigenvalue weighted by Gasteiger charge is 2.29. The summed E-state index contributed by atoms with van der Waals surface area (Å²) in [5.74, 6) is 0. The summed E-state index contributed by atoms with van der Waals surface area (Å²) in [4.78, 5) is 0. The van der Waals surface area contributed by atoms with Crippen molar-refractivity contribution >= 4 is 0 Å². The molecule has 17 heavy (non-hydrogen) atoms. The number of hydrogen-bond acceptors (Lipinski definition) is 3. The first-order valence-electron chi connectivity index (χ1n) is 6.88. The van der Waals surface area contributed by atoms with E-state index >= 15 is 0 Å². The molecule has 100 valence electrons. The quantitative estimate of drug-likeness (QED) is 0.682. The average molecular weight is 239 g/mol. The van der Waals surface area contributed by atoms with Crippen LogP contribution in [0.2, 0.25) is 0 Å². The van der Waals surface area contributed by atoms with Gasteiger partial charge in [0.25, 0.3) is 0 Å². The van der Waals surface area contributed by atoms with Crippen molar-refractivity contribution in [3.8, 4) is 0 Å². The van der Waals surface area contributed by atoms with E-state index in [-0.39, 0.29) is 0 Å². The van der Waals surface area contributed by atoms with Gasteiger partial charge in [-0.3, -0.25) is 0 Å². The molecule has 3 nitrogen and oxygen atoms in total. The minimum absolute atomic E-state index is 0.577. The molecular formula is C14H29N3.